The standard InChI is InChI=1S/C14H10Br2F2O/c15-10-5-9(6-11(16)7-10)14(19)4-8-1-2-12(17)13(18)3-8/h1-3,5-7,14,19H,4H2. The minimum Gasteiger partial charge on any atom is -0.388 e. The number of halogens is 4. The number of rotatable bonds is 3. The summed E-state index contributed by atoms with van der Waals surface area (Å²) in [6.07, 6.45) is -0.557. The van der Waals surface area contributed by atoms with Gasteiger partial charge < -0.3 is 5.11 Å². The fourth-order valence-corrected chi connectivity index (χ4v) is 3.10. The van der Waals surface area contributed by atoms with Crippen molar-refractivity contribution in [1.29, 1.82) is 0 Å². The van der Waals surface area contributed by atoms with E-state index in [0.29, 0.717) is 11.1 Å². The van der Waals surface area contributed by atoms with E-state index < -0.39 is 17.7 Å². The van der Waals surface area contributed by atoms with Gasteiger partial charge in [0.25, 0.3) is 0 Å². The van der Waals surface area contributed by atoms with Crippen LogP contribution >= 0.6 is 31.9 Å². The van der Waals surface area contributed by atoms with E-state index in [1.165, 1.54) is 6.07 Å². The van der Waals surface area contributed by atoms with E-state index in [1.807, 2.05) is 6.07 Å². The predicted octanol–water partition coefficient (Wildman–Crippen LogP) is 4.77. The molecule has 0 fully saturated rings. The van der Waals surface area contributed by atoms with Crippen LogP contribution in [0.1, 0.15) is 17.2 Å². The van der Waals surface area contributed by atoms with E-state index in [2.05, 4.69) is 31.9 Å². The molecule has 0 heterocycles. The van der Waals surface area contributed by atoms with E-state index in [-0.39, 0.29) is 6.42 Å². The summed E-state index contributed by atoms with van der Waals surface area (Å²) in [5.41, 5.74) is 1.24. The smallest absolute Gasteiger partial charge is 0.159 e. The van der Waals surface area contributed by atoms with E-state index >= 15 is 0 Å². The number of hydrogen-bond donors (Lipinski definition) is 1. The number of aliphatic hydroxyl groups is 1. The molecule has 19 heavy (non-hydrogen) atoms. The Labute approximate surface area is 126 Å². The third kappa shape index (κ3) is 3.84. The first-order valence-electron chi connectivity index (χ1n) is 5.53. The van der Waals surface area contributed by atoms with Gasteiger partial charge >= 0.3 is 0 Å². The van der Waals surface area contributed by atoms with Gasteiger partial charge in [-0.05, 0) is 41.5 Å². The molecule has 0 aliphatic carbocycles. The van der Waals surface area contributed by atoms with Crippen LogP contribution in [0.15, 0.2) is 45.3 Å². The molecule has 2 aromatic carbocycles. The Hall–Kier alpha value is -0.780. The van der Waals surface area contributed by atoms with Crippen molar-refractivity contribution >= 4 is 31.9 Å². The Bertz CT molecular complexity index is 582. The highest BCUT2D eigenvalue weighted by molar-refractivity contribution is 9.11. The van der Waals surface area contributed by atoms with Gasteiger partial charge in [-0.2, -0.15) is 0 Å². The summed E-state index contributed by atoms with van der Waals surface area (Å²) in [6, 6.07) is 9.06. The summed E-state index contributed by atoms with van der Waals surface area (Å²) in [5, 5.41) is 10.1. The van der Waals surface area contributed by atoms with Crippen LogP contribution in [0.4, 0.5) is 8.78 Å². The van der Waals surface area contributed by atoms with Gasteiger partial charge in [0.05, 0.1) is 6.10 Å². The molecule has 1 unspecified atom stereocenters. The molecular formula is C14H10Br2F2O. The molecule has 1 nitrogen and oxygen atoms in total. The third-order valence-electron chi connectivity index (χ3n) is 2.68. The van der Waals surface area contributed by atoms with Crippen LogP contribution in [0.5, 0.6) is 0 Å². The second-order valence-electron chi connectivity index (χ2n) is 4.17. The summed E-state index contributed by atoms with van der Waals surface area (Å²) >= 11 is 6.67. The van der Waals surface area contributed by atoms with Crippen molar-refractivity contribution in [3.8, 4) is 0 Å². The molecule has 0 spiro atoms. The van der Waals surface area contributed by atoms with Crippen molar-refractivity contribution in [2.45, 2.75) is 12.5 Å². The molecule has 0 aromatic heterocycles. The monoisotopic (exact) mass is 390 g/mol. The molecule has 0 saturated carbocycles. The molecule has 2 aromatic rings. The van der Waals surface area contributed by atoms with Gasteiger partial charge in [-0.1, -0.05) is 37.9 Å². The Morgan fingerprint density at radius 2 is 1.58 bits per heavy atom. The highest BCUT2D eigenvalue weighted by Gasteiger charge is 2.12. The lowest BCUT2D eigenvalue weighted by molar-refractivity contribution is 0.178. The van der Waals surface area contributed by atoms with Crippen molar-refractivity contribution < 1.29 is 13.9 Å². The van der Waals surface area contributed by atoms with Crippen LogP contribution in [0.2, 0.25) is 0 Å². The van der Waals surface area contributed by atoms with Crippen LogP contribution in [0.3, 0.4) is 0 Å². The van der Waals surface area contributed by atoms with E-state index in [0.717, 1.165) is 21.1 Å². The fourth-order valence-electron chi connectivity index (χ4n) is 1.78. The normalized spacial score (nSPS) is 12.5. The second kappa shape index (κ2) is 6.11. The molecule has 0 aliphatic heterocycles. The second-order valence-corrected chi connectivity index (χ2v) is 6.00. The van der Waals surface area contributed by atoms with Crippen LogP contribution < -0.4 is 0 Å². The summed E-state index contributed by atoms with van der Waals surface area (Å²) in [7, 11) is 0. The van der Waals surface area contributed by atoms with Crippen LogP contribution in [-0.2, 0) is 6.42 Å². The minimum absolute atomic E-state index is 0.222. The molecule has 0 aliphatic rings. The van der Waals surface area contributed by atoms with Crippen molar-refractivity contribution in [3.63, 3.8) is 0 Å². The zero-order chi connectivity index (χ0) is 14.0. The highest BCUT2D eigenvalue weighted by atomic mass is 79.9. The first kappa shape index (κ1) is 14.6. The number of benzene rings is 2. The van der Waals surface area contributed by atoms with Gasteiger partial charge in [0.1, 0.15) is 0 Å². The largest absolute Gasteiger partial charge is 0.388 e. The lowest BCUT2D eigenvalue weighted by atomic mass is 10.0. The average molecular weight is 392 g/mol. The van der Waals surface area contributed by atoms with Crippen molar-refractivity contribution in [2.24, 2.45) is 0 Å². The fraction of sp³-hybridized carbons (Fsp3) is 0.143. The third-order valence-corrected chi connectivity index (χ3v) is 3.60. The maximum Gasteiger partial charge on any atom is 0.159 e. The maximum absolute atomic E-state index is 13.1. The average Bonchev–Trinajstić information content (AvgIpc) is 2.32. The maximum atomic E-state index is 13.1. The molecule has 1 atom stereocenters. The first-order valence-corrected chi connectivity index (χ1v) is 7.12. The first-order chi connectivity index (χ1) is 8.95. The Morgan fingerprint density at radius 3 is 2.16 bits per heavy atom. The quantitative estimate of drug-likeness (QED) is 0.799. The zero-order valence-electron chi connectivity index (χ0n) is 9.71. The van der Waals surface area contributed by atoms with Crippen LogP contribution in [0, 0.1) is 11.6 Å². The predicted molar refractivity (Wildman–Crippen MR) is 76.9 cm³/mol. The molecule has 2 rings (SSSR count). The van der Waals surface area contributed by atoms with E-state index in [4.69, 9.17) is 0 Å². The van der Waals surface area contributed by atoms with Gasteiger partial charge in [-0.15, -0.1) is 0 Å². The van der Waals surface area contributed by atoms with Gasteiger partial charge in [-0.25, -0.2) is 8.78 Å². The SMILES string of the molecule is OC(Cc1ccc(F)c(F)c1)c1cc(Br)cc(Br)c1. The zero-order valence-corrected chi connectivity index (χ0v) is 12.9. The van der Waals surface area contributed by atoms with Crippen LogP contribution in [0.25, 0.3) is 0 Å². The van der Waals surface area contributed by atoms with Crippen molar-refractivity contribution in [1.82, 2.24) is 0 Å². The van der Waals surface area contributed by atoms with Crippen LogP contribution in [-0.4, -0.2) is 5.11 Å². The molecule has 100 valence electrons. The summed E-state index contributed by atoms with van der Waals surface area (Å²) < 4.78 is 27.6. The van der Waals surface area contributed by atoms with Crippen molar-refractivity contribution in [2.75, 3.05) is 0 Å². The Kier molecular flexibility index (Phi) is 4.71. The van der Waals surface area contributed by atoms with E-state index in [1.54, 1.807) is 12.1 Å². The van der Waals surface area contributed by atoms with Gasteiger partial charge in [0, 0.05) is 15.4 Å². The molecular weight excluding hydrogens is 382 g/mol. The minimum atomic E-state index is -0.903. The highest BCUT2D eigenvalue weighted by Crippen LogP contribution is 2.26. The Morgan fingerprint density at radius 1 is 0.947 bits per heavy atom. The van der Waals surface area contributed by atoms with Gasteiger partial charge in [0.15, 0.2) is 11.6 Å². The molecule has 0 amide bonds. The molecule has 0 saturated heterocycles. The molecule has 5 heteroatoms. The van der Waals surface area contributed by atoms with Gasteiger partial charge in [0.2, 0.25) is 0 Å². The van der Waals surface area contributed by atoms with Crippen molar-refractivity contribution in [3.05, 3.63) is 68.1 Å². The molecule has 0 radical (unpaired) electrons. The summed E-state index contributed by atoms with van der Waals surface area (Å²) in [5.74, 6) is -1.79. The number of aliphatic hydroxyl groups excluding tert-OH is 1. The number of hydrogen-bond acceptors (Lipinski definition) is 1. The molecule has 0 bridgehead atoms. The van der Waals surface area contributed by atoms with Gasteiger partial charge in [-0.3, -0.25) is 0 Å². The summed E-state index contributed by atoms with van der Waals surface area (Å²) in [4.78, 5) is 0. The topological polar surface area (TPSA) is 20.2 Å². The molecule has 1 N–H and O–H groups in total. The lowest BCUT2D eigenvalue weighted by Crippen LogP contribution is -2.02. The van der Waals surface area contributed by atoms with E-state index in [9.17, 15) is 13.9 Å². The Balaban J connectivity index is 2.20. The lowest BCUT2D eigenvalue weighted by Gasteiger charge is -2.12. The summed E-state index contributed by atoms with van der Waals surface area (Å²) in [6.45, 7) is 0.